The first-order valence-corrected chi connectivity index (χ1v) is 8.63. The topological polar surface area (TPSA) is 52.0 Å². The third-order valence-corrected chi connectivity index (χ3v) is 5.41. The minimum Gasteiger partial charge on any atom is -0.381 e. The van der Waals surface area contributed by atoms with Crippen LogP contribution in [-0.4, -0.2) is 46.8 Å². The number of thioether (sulfide) groups is 1. The van der Waals surface area contributed by atoms with E-state index in [1.807, 2.05) is 11.8 Å². The van der Waals surface area contributed by atoms with Crippen LogP contribution in [0, 0.1) is 5.92 Å². The summed E-state index contributed by atoms with van der Waals surface area (Å²) in [7, 11) is 2.11. The molecule has 0 amide bonds. The summed E-state index contributed by atoms with van der Waals surface area (Å²) in [5.41, 5.74) is 0. The van der Waals surface area contributed by atoms with E-state index >= 15 is 0 Å². The lowest BCUT2D eigenvalue weighted by atomic mass is 9.97. The molecule has 0 bridgehead atoms. The van der Waals surface area contributed by atoms with E-state index in [0.29, 0.717) is 5.92 Å². The van der Waals surface area contributed by atoms with Crippen LogP contribution in [0.2, 0.25) is 0 Å². The predicted octanol–water partition coefficient (Wildman–Crippen LogP) is 2.22. The van der Waals surface area contributed by atoms with E-state index in [1.165, 1.54) is 25.7 Å². The van der Waals surface area contributed by atoms with Gasteiger partial charge in [0.15, 0.2) is 5.16 Å². The SMILES string of the molecule is Cl.Cn1c(SCCC2CCOC2)nnc1C1CCNCC1. The molecule has 0 aromatic carbocycles. The van der Waals surface area contributed by atoms with E-state index in [-0.39, 0.29) is 12.4 Å². The van der Waals surface area contributed by atoms with Crippen LogP contribution in [0.5, 0.6) is 0 Å². The van der Waals surface area contributed by atoms with Gasteiger partial charge in [0.2, 0.25) is 0 Å². The number of rotatable bonds is 5. The van der Waals surface area contributed by atoms with Gasteiger partial charge in [0, 0.05) is 31.9 Å². The molecule has 0 saturated carbocycles. The Morgan fingerprint density at radius 2 is 2.10 bits per heavy atom. The van der Waals surface area contributed by atoms with Crippen molar-refractivity contribution >= 4 is 24.2 Å². The molecule has 21 heavy (non-hydrogen) atoms. The molecular formula is C14H25ClN4OS. The summed E-state index contributed by atoms with van der Waals surface area (Å²) in [5.74, 6) is 3.61. The fourth-order valence-electron chi connectivity index (χ4n) is 3.02. The molecular weight excluding hydrogens is 308 g/mol. The maximum absolute atomic E-state index is 5.42. The third-order valence-electron chi connectivity index (χ3n) is 4.35. The highest BCUT2D eigenvalue weighted by Crippen LogP contribution is 2.27. The van der Waals surface area contributed by atoms with Crippen molar-refractivity contribution in [2.24, 2.45) is 13.0 Å². The highest BCUT2D eigenvalue weighted by Gasteiger charge is 2.22. The van der Waals surface area contributed by atoms with Crippen LogP contribution in [0.25, 0.3) is 0 Å². The van der Waals surface area contributed by atoms with E-state index in [2.05, 4.69) is 27.1 Å². The molecule has 1 N–H and O–H groups in total. The number of ether oxygens (including phenoxy) is 1. The second-order valence-electron chi connectivity index (χ2n) is 5.79. The lowest BCUT2D eigenvalue weighted by molar-refractivity contribution is 0.185. The number of nitrogens with one attached hydrogen (secondary N) is 1. The van der Waals surface area contributed by atoms with Crippen molar-refractivity contribution in [1.29, 1.82) is 0 Å². The van der Waals surface area contributed by atoms with E-state index in [1.54, 1.807) is 0 Å². The summed E-state index contributed by atoms with van der Waals surface area (Å²) in [6, 6.07) is 0. The molecule has 7 heteroatoms. The molecule has 3 rings (SSSR count). The van der Waals surface area contributed by atoms with Crippen molar-refractivity contribution in [2.45, 2.75) is 36.8 Å². The van der Waals surface area contributed by atoms with Crippen LogP contribution >= 0.6 is 24.2 Å². The van der Waals surface area contributed by atoms with Crippen LogP contribution in [0.1, 0.15) is 37.4 Å². The zero-order chi connectivity index (χ0) is 13.8. The molecule has 1 aromatic heterocycles. The number of hydrogen-bond acceptors (Lipinski definition) is 5. The molecule has 1 aromatic rings. The van der Waals surface area contributed by atoms with Crippen LogP contribution in [0.4, 0.5) is 0 Å². The first-order chi connectivity index (χ1) is 9.84. The van der Waals surface area contributed by atoms with Crippen LogP contribution in [-0.2, 0) is 11.8 Å². The van der Waals surface area contributed by atoms with E-state index in [9.17, 15) is 0 Å². The van der Waals surface area contributed by atoms with Gasteiger partial charge in [-0.1, -0.05) is 11.8 Å². The molecule has 2 fully saturated rings. The summed E-state index contributed by atoms with van der Waals surface area (Å²) < 4.78 is 7.62. The summed E-state index contributed by atoms with van der Waals surface area (Å²) >= 11 is 1.84. The first kappa shape index (κ1) is 17.1. The number of aromatic nitrogens is 3. The zero-order valence-corrected chi connectivity index (χ0v) is 14.2. The van der Waals surface area contributed by atoms with E-state index < -0.39 is 0 Å². The largest absolute Gasteiger partial charge is 0.381 e. The minimum absolute atomic E-state index is 0. The Morgan fingerprint density at radius 1 is 1.29 bits per heavy atom. The molecule has 0 radical (unpaired) electrons. The molecule has 2 aliphatic rings. The lowest BCUT2D eigenvalue weighted by Gasteiger charge is -2.21. The number of hydrogen-bond donors (Lipinski definition) is 1. The fraction of sp³-hybridized carbons (Fsp3) is 0.857. The van der Waals surface area contributed by atoms with Crippen molar-refractivity contribution in [3.63, 3.8) is 0 Å². The second-order valence-corrected chi connectivity index (χ2v) is 6.85. The molecule has 3 heterocycles. The molecule has 1 atom stereocenters. The Kier molecular flexibility index (Phi) is 6.79. The second kappa shape index (κ2) is 8.36. The van der Waals surface area contributed by atoms with Gasteiger partial charge in [0.05, 0.1) is 0 Å². The molecule has 2 saturated heterocycles. The lowest BCUT2D eigenvalue weighted by Crippen LogP contribution is -2.27. The Balaban J connectivity index is 0.00000161. The predicted molar refractivity (Wildman–Crippen MR) is 87.4 cm³/mol. The number of piperidine rings is 1. The van der Waals surface area contributed by atoms with Gasteiger partial charge in [-0.2, -0.15) is 0 Å². The van der Waals surface area contributed by atoms with Crippen molar-refractivity contribution < 1.29 is 4.74 Å². The summed E-state index contributed by atoms with van der Waals surface area (Å²) in [6.07, 6.45) is 4.80. The quantitative estimate of drug-likeness (QED) is 0.838. The monoisotopic (exact) mass is 332 g/mol. The maximum atomic E-state index is 5.42. The minimum atomic E-state index is 0. The van der Waals surface area contributed by atoms with Crippen LogP contribution in [0.15, 0.2) is 5.16 Å². The summed E-state index contributed by atoms with van der Waals surface area (Å²) in [6.45, 7) is 4.09. The van der Waals surface area contributed by atoms with Crippen molar-refractivity contribution in [3.8, 4) is 0 Å². The fourth-order valence-corrected chi connectivity index (χ4v) is 4.03. The number of halogens is 1. The van der Waals surface area contributed by atoms with Crippen molar-refractivity contribution in [1.82, 2.24) is 20.1 Å². The first-order valence-electron chi connectivity index (χ1n) is 7.65. The summed E-state index contributed by atoms with van der Waals surface area (Å²) in [5, 5.41) is 13.3. The highest BCUT2D eigenvalue weighted by atomic mass is 35.5. The van der Waals surface area contributed by atoms with Gasteiger partial charge < -0.3 is 14.6 Å². The summed E-state index contributed by atoms with van der Waals surface area (Å²) in [4.78, 5) is 0. The standard InChI is InChI=1S/C14H24N4OS.ClH/c1-18-13(12-2-6-15-7-3-12)16-17-14(18)20-9-5-11-4-8-19-10-11;/h11-12,15H,2-10H2,1H3;1H. The molecule has 1 unspecified atom stereocenters. The average molecular weight is 333 g/mol. The molecule has 120 valence electrons. The Hall–Kier alpha value is -0.300. The Morgan fingerprint density at radius 3 is 2.81 bits per heavy atom. The van der Waals surface area contributed by atoms with Gasteiger partial charge in [-0.25, -0.2) is 0 Å². The van der Waals surface area contributed by atoms with Gasteiger partial charge >= 0.3 is 0 Å². The third kappa shape index (κ3) is 4.34. The van der Waals surface area contributed by atoms with E-state index in [0.717, 1.165) is 49.0 Å². The van der Waals surface area contributed by atoms with Crippen molar-refractivity contribution in [3.05, 3.63) is 5.82 Å². The Bertz CT molecular complexity index is 431. The van der Waals surface area contributed by atoms with Gasteiger partial charge in [0.1, 0.15) is 5.82 Å². The molecule has 0 aliphatic carbocycles. The van der Waals surface area contributed by atoms with Gasteiger partial charge in [-0.05, 0) is 44.7 Å². The van der Waals surface area contributed by atoms with Crippen LogP contribution < -0.4 is 5.32 Å². The van der Waals surface area contributed by atoms with E-state index in [4.69, 9.17) is 4.74 Å². The zero-order valence-electron chi connectivity index (χ0n) is 12.6. The van der Waals surface area contributed by atoms with Gasteiger partial charge in [-0.15, -0.1) is 22.6 Å². The highest BCUT2D eigenvalue weighted by molar-refractivity contribution is 7.99. The van der Waals surface area contributed by atoms with Crippen LogP contribution in [0.3, 0.4) is 0 Å². The number of nitrogens with zero attached hydrogens (tertiary/aromatic N) is 3. The van der Waals surface area contributed by atoms with Crippen molar-refractivity contribution in [2.75, 3.05) is 32.1 Å². The molecule has 5 nitrogen and oxygen atoms in total. The Labute approximate surface area is 137 Å². The smallest absolute Gasteiger partial charge is 0.190 e. The maximum Gasteiger partial charge on any atom is 0.190 e. The average Bonchev–Trinajstić information content (AvgIpc) is 3.11. The molecule has 0 spiro atoms. The molecule has 2 aliphatic heterocycles. The van der Waals surface area contributed by atoms with Gasteiger partial charge in [0.25, 0.3) is 0 Å². The van der Waals surface area contributed by atoms with Gasteiger partial charge in [-0.3, -0.25) is 0 Å². The normalized spacial score (nSPS) is 23.2.